The van der Waals surface area contributed by atoms with Crippen LogP contribution >= 0.6 is 15.9 Å². The number of halogens is 4. The first kappa shape index (κ1) is 25.9. The number of carbonyl (C=O) groups excluding carboxylic acids is 1. The molecule has 2 aromatic rings. The fourth-order valence-electron chi connectivity index (χ4n) is 2.68. The number of rotatable bonds is 3. The highest BCUT2D eigenvalue weighted by Crippen LogP contribution is 2.29. The second kappa shape index (κ2) is 11.0. The third-order valence-corrected chi connectivity index (χ3v) is 4.61. The highest BCUT2D eigenvalue weighted by molar-refractivity contribution is 9.10. The average molecular weight is 519 g/mol. The number of nitrogen functional groups attached to an aromatic ring is 1. The number of ether oxygens (including phenoxy) is 2. The Labute approximate surface area is 193 Å². The number of nitrogens with two attached hydrogens (primary N) is 1. The molecule has 1 aromatic carbocycles. The smallest absolute Gasteiger partial charge is 0.416 e. The molecule has 1 fully saturated rings. The predicted molar refractivity (Wildman–Crippen MR) is 117 cm³/mol. The molecule has 1 atom stereocenters. The van der Waals surface area contributed by atoms with Crippen molar-refractivity contribution in [2.45, 2.75) is 51.7 Å². The quantitative estimate of drug-likeness (QED) is 0.611. The number of anilines is 1. The second-order valence-corrected chi connectivity index (χ2v) is 9.02. The summed E-state index contributed by atoms with van der Waals surface area (Å²) in [4.78, 5) is 20.9. The first-order valence-corrected chi connectivity index (χ1v) is 10.6. The summed E-state index contributed by atoms with van der Waals surface area (Å²) in [5.41, 5.74) is 4.63. The van der Waals surface area contributed by atoms with Gasteiger partial charge in [-0.25, -0.2) is 14.8 Å². The summed E-state index contributed by atoms with van der Waals surface area (Å²) in [7, 11) is 0. The van der Waals surface area contributed by atoms with Crippen molar-refractivity contribution in [3.8, 4) is 0 Å². The van der Waals surface area contributed by atoms with E-state index in [9.17, 15) is 18.0 Å². The minimum Gasteiger partial charge on any atom is -0.444 e. The highest BCUT2D eigenvalue weighted by Gasteiger charge is 2.31. The zero-order chi connectivity index (χ0) is 23.9. The molecule has 0 spiro atoms. The number of carbonyl (C=O) groups is 1. The molecule has 2 N–H and O–H groups in total. The van der Waals surface area contributed by atoms with Crippen molar-refractivity contribution in [2.75, 3.05) is 18.8 Å². The minimum absolute atomic E-state index is 0.139. The normalized spacial score (nSPS) is 16.3. The van der Waals surface area contributed by atoms with Crippen LogP contribution in [0.5, 0.6) is 0 Å². The first-order chi connectivity index (χ1) is 14.8. The number of alkyl halides is 3. The molecule has 0 radical (unpaired) electrons. The molecule has 1 unspecified atom stereocenters. The Morgan fingerprint density at radius 3 is 2.28 bits per heavy atom. The molecule has 32 heavy (non-hydrogen) atoms. The van der Waals surface area contributed by atoms with Gasteiger partial charge in [-0.05, 0) is 60.8 Å². The van der Waals surface area contributed by atoms with Crippen LogP contribution in [0, 0.1) is 0 Å². The van der Waals surface area contributed by atoms with Crippen LogP contribution in [0.3, 0.4) is 0 Å². The summed E-state index contributed by atoms with van der Waals surface area (Å²) in [6.45, 7) is 6.60. The lowest BCUT2D eigenvalue weighted by Crippen LogP contribution is -2.36. The maximum absolute atomic E-state index is 12.5. The molecular weight excluding hydrogens is 493 g/mol. The van der Waals surface area contributed by atoms with Crippen molar-refractivity contribution in [3.05, 3.63) is 52.3 Å². The molecule has 0 saturated carbocycles. The molecule has 0 aliphatic carbocycles. The van der Waals surface area contributed by atoms with E-state index in [1.54, 1.807) is 38.1 Å². The lowest BCUT2D eigenvalue weighted by atomic mass is 10.1. The standard InChI is InChI=1S/C17H22F3NO3.C4H4BrN3/c1-16(2,3)24-15(22)21-9-8-14(10-21)23-11-12-4-6-13(7-5-12)17(18,19)20;5-3-1-7-4(6)8-2-3/h4-7,14H,8-11H2,1-3H3;1-2H,(H2,6,7,8). The van der Waals surface area contributed by atoms with E-state index in [0.29, 0.717) is 31.0 Å². The summed E-state index contributed by atoms with van der Waals surface area (Å²) in [5.74, 6) is 0.299. The average Bonchev–Trinajstić information content (AvgIpc) is 3.17. The molecule has 176 valence electrons. The zero-order valence-electron chi connectivity index (χ0n) is 18.0. The summed E-state index contributed by atoms with van der Waals surface area (Å²) in [5, 5.41) is 0. The van der Waals surface area contributed by atoms with Crippen molar-refractivity contribution in [1.29, 1.82) is 0 Å². The fraction of sp³-hybridized carbons (Fsp3) is 0.476. The van der Waals surface area contributed by atoms with Crippen molar-refractivity contribution in [2.24, 2.45) is 0 Å². The first-order valence-electron chi connectivity index (χ1n) is 9.82. The Kier molecular flexibility index (Phi) is 8.85. The summed E-state index contributed by atoms with van der Waals surface area (Å²) >= 11 is 3.16. The van der Waals surface area contributed by atoms with Crippen LogP contribution in [-0.2, 0) is 22.3 Å². The van der Waals surface area contributed by atoms with E-state index in [4.69, 9.17) is 15.2 Å². The molecule has 7 nitrogen and oxygen atoms in total. The van der Waals surface area contributed by atoms with Crippen LogP contribution in [0.4, 0.5) is 23.9 Å². The molecule has 1 amide bonds. The van der Waals surface area contributed by atoms with Crippen LogP contribution in [0.25, 0.3) is 0 Å². The van der Waals surface area contributed by atoms with Gasteiger partial charge in [0.25, 0.3) is 0 Å². The molecule has 0 bridgehead atoms. The maximum atomic E-state index is 12.5. The minimum atomic E-state index is -4.33. The van der Waals surface area contributed by atoms with Crippen LogP contribution in [0.15, 0.2) is 41.1 Å². The van der Waals surface area contributed by atoms with Crippen LogP contribution in [0.2, 0.25) is 0 Å². The lowest BCUT2D eigenvalue weighted by molar-refractivity contribution is -0.137. The Bertz CT molecular complexity index is 851. The van der Waals surface area contributed by atoms with Gasteiger partial charge < -0.3 is 20.1 Å². The van der Waals surface area contributed by atoms with Crippen LogP contribution in [-0.4, -0.2) is 45.8 Å². The lowest BCUT2D eigenvalue weighted by Gasteiger charge is -2.24. The SMILES string of the molecule is CC(C)(C)OC(=O)N1CCC(OCc2ccc(C(F)(F)F)cc2)C1.Nc1ncc(Br)cn1. The van der Waals surface area contributed by atoms with Gasteiger partial charge in [-0.1, -0.05) is 12.1 Å². The van der Waals surface area contributed by atoms with E-state index in [-0.39, 0.29) is 18.8 Å². The Morgan fingerprint density at radius 1 is 1.19 bits per heavy atom. The molecule has 1 aliphatic heterocycles. The van der Waals surface area contributed by atoms with Crippen molar-refractivity contribution < 1.29 is 27.4 Å². The van der Waals surface area contributed by atoms with Gasteiger partial charge in [-0.3, -0.25) is 0 Å². The van der Waals surface area contributed by atoms with Crippen LogP contribution in [0.1, 0.15) is 38.3 Å². The number of amides is 1. The van der Waals surface area contributed by atoms with E-state index in [2.05, 4.69) is 25.9 Å². The van der Waals surface area contributed by atoms with Gasteiger partial charge in [0, 0.05) is 18.9 Å². The van der Waals surface area contributed by atoms with Gasteiger partial charge in [0.1, 0.15) is 5.60 Å². The van der Waals surface area contributed by atoms with E-state index in [1.807, 2.05) is 0 Å². The number of benzene rings is 1. The number of nitrogens with zero attached hydrogens (tertiary/aromatic N) is 3. The van der Waals surface area contributed by atoms with Gasteiger partial charge in [0.15, 0.2) is 0 Å². The van der Waals surface area contributed by atoms with E-state index >= 15 is 0 Å². The molecule has 1 aliphatic rings. The van der Waals surface area contributed by atoms with Crippen molar-refractivity contribution >= 4 is 28.0 Å². The zero-order valence-corrected chi connectivity index (χ0v) is 19.6. The van der Waals surface area contributed by atoms with E-state index in [1.165, 1.54) is 12.1 Å². The van der Waals surface area contributed by atoms with Crippen molar-refractivity contribution in [3.63, 3.8) is 0 Å². The van der Waals surface area contributed by atoms with Gasteiger partial charge in [-0.15, -0.1) is 0 Å². The van der Waals surface area contributed by atoms with Crippen molar-refractivity contribution in [1.82, 2.24) is 14.9 Å². The largest absolute Gasteiger partial charge is 0.444 e. The fourth-order valence-corrected chi connectivity index (χ4v) is 2.89. The Morgan fingerprint density at radius 2 is 1.78 bits per heavy atom. The summed E-state index contributed by atoms with van der Waals surface area (Å²) < 4.78 is 49.4. The topological polar surface area (TPSA) is 90.6 Å². The number of likely N-dealkylation sites (tertiary alicyclic amines) is 1. The molecule has 11 heteroatoms. The van der Waals surface area contributed by atoms with Gasteiger partial charge in [0.05, 0.1) is 29.3 Å². The maximum Gasteiger partial charge on any atom is 0.416 e. The number of aromatic nitrogens is 2. The summed E-state index contributed by atoms with van der Waals surface area (Å²) in [6.07, 6.45) is -0.966. The van der Waals surface area contributed by atoms with Crippen LogP contribution < -0.4 is 5.73 Å². The number of hydrogen-bond donors (Lipinski definition) is 1. The molecule has 2 heterocycles. The van der Waals surface area contributed by atoms with E-state index < -0.39 is 17.3 Å². The Hall–Kier alpha value is -2.40. The number of hydrogen-bond acceptors (Lipinski definition) is 6. The third-order valence-electron chi connectivity index (χ3n) is 4.20. The highest BCUT2D eigenvalue weighted by atomic mass is 79.9. The third kappa shape index (κ3) is 8.99. The molecule has 1 saturated heterocycles. The summed E-state index contributed by atoms with van der Waals surface area (Å²) in [6, 6.07) is 4.90. The van der Waals surface area contributed by atoms with Gasteiger partial charge in [0.2, 0.25) is 5.95 Å². The molecular formula is C21H26BrF3N4O3. The predicted octanol–water partition coefficient (Wildman–Crippen LogP) is 5.05. The molecule has 1 aromatic heterocycles. The van der Waals surface area contributed by atoms with E-state index in [0.717, 1.165) is 16.6 Å². The second-order valence-electron chi connectivity index (χ2n) is 8.10. The van der Waals surface area contributed by atoms with Gasteiger partial charge >= 0.3 is 12.3 Å². The van der Waals surface area contributed by atoms with Gasteiger partial charge in [-0.2, -0.15) is 13.2 Å². The molecule has 3 rings (SSSR count). The monoisotopic (exact) mass is 518 g/mol. The Balaban J connectivity index is 0.000000380.